The van der Waals surface area contributed by atoms with Gasteiger partial charge in [-0.3, -0.25) is 4.40 Å². The lowest BCUT2D eigenvalue weighted by Crippen LogP contribution is -2.07. The first-order chi connectivity index (χ1) is 9.26. The van der Waals surface area contributed by atoms with Crippen LogP contribution in [0.5, 0.6) is 5.75 Å². The zero-order valence-electron chi connectivity index (χ0n) is 10.6. The first-order valence-corrected chi connectivity index (χ1v) is 6.62. The van der Waals surface area contributed by atoms with Crippen LogP contribution in [0.4, 0.5) is 0 Å². The van der Waals surface area contributed by atoms with Gasteiger partial charge in [0.25, 0.3) is 0 Å². The Morgan fingerprint density at radius 2 is 2.37 bits per heavy atom. The number of carbonyl (C=O) groups is 1. The molecule has 2 aromatic rings. The quantitative estimate of drug-likeness (QED) is 0.464. The highest BCUT2D eigenvalue weighted by Gasteiger charge is 2.13. The summed E-state index contributed by atoms with van der Waals surface area (Å²) in [5, 5.41) is 0. The van der Waals surface area contributed by atoms with Crippen LogP contribution in [-0.2, 0) is 4.74 Å². The molecule has 2 rings (SSSR count). The van der Waals surface area contributed by atoms with Gasteiger partial charge >= 0.3 is 5.97 Å². The second kappa shape index (κ2) is 6.43. The van der Waals surface area contributed by atoms with E-state index < -0.39 is 0 Å². The molecule has 0 saturated carbocycles. The highest BCUT2D eigenvalue weighted by molar-refractivity contribution is 6.17. The van der Waals surface area contributed by atoms with Crippen molar-refractivity contribution in [2.24, 2.45) is 0 Å². The highest BCUT2D eigenvalue weighted by Crippen LogP contribution is 2.16. The van der Waals surface area contributed by atoms with Crippen LogP contribution in [0.25, 0.3) is 5.65 Å². The van der Waals surface area contributed by atoms with Crippen molar-refractivity contribution in [3.8, 4) is 5.75 Å². The summed E-state index contributed by atoms with van der Waals surface area (Å²) < 4.78 is 12.1. The molecule has 0 bridgehead atoms. The summed E-state index contributed by atoms with van der Waals surface area (Å²) >= 11 is 5.58. The minimum absolute atomic E-state index is 0.339. The fraction of sp³-hybridized carbons (Fsp3) is 0.385. The number of alkyl halides is 1. The maximum absolute atomic E-state index is 11.7. The molecule has 0 aliphatic heterocycles. The number of esters is 1. The molecule has 0 unspecified atom stereocenters. The fourth-order valence-corrected chi connectivity index (χ4v) is 1.76. The highest BCUT2D eigenvalue weighted by atomic mass is 35.5. The Bertz CT molecular complexity index is 568. The number of aromatic nitrogens is 2. The van der Waals surface area contributed by atoms with Crippen molar-refractivity contribution < 1.29 is 14.3 Å². The molecular formula is C13H15ClN2O3. The Morgan fingerprint density at radius 3 is 3.11 bits per heavy atom. The standard InChI is InChI=1S/C13H15ClN2O3/c1-2-18-13(17)11-9-15-12-8-10(4-6-16(11)12)19-7-3-5-14/h4,6,8-9H,2-3,5,7H2,1H3. The predicted octanol–water partition coefficient (Wildman–Crippen LogP) is 2.52. The molecule has 0 N–H and O–H groups in total. The number of pyridine rings is 1. The molecule has 0 aliphatic rings. The first kappa shape index (κ1) is 13.7. The summed E-state index contributed by atoms with van der Waals surface area (Å²) in [6.07, 6.45) is 4.02. The molecule has 5 nitrogen and oxygen atoms in total. The molecule has 0 aromatic carbocycles. The lowest BCUT2D eigenvalue weighted by molar-refractivity contribution is 0.0518. The van der Waals surface area contributed by atoms with Crippen LogP contribution < -0.4 is 4.74 Å². The van der Waals surface area contributed by atoms with Gasteiger partial charge in [-0.15, -0.1) is 11.6 Å². The minimum atomic E-state index is -0.384. The van der Waals surface area contributed by atoms with Crippen LogP contribution >= 0.6 is 11.6 Å². The van der Waals surface area contributed by atoms with Crippen LogP contribution in [0.3, 0.4) is 0 Å². The maximum atomic E-state index is 11.7. The van der Waals surface area contributed by atoms with Crippen LogP contribution in [0, 0.1) is 0 Å². The van der Waals surface area contributed by atoms with Crippen LogP contribution in [0.1, 0.15) is 23.8 Å². The van der Waals surface area contributed by atoms with Gasteiger partial charge in [-0.05, 0) is 19.4 Å². The van der Waals surface area contributed by atoms with E-state index in [2.05, 4.69) is 4.98 Å². The van der Waals surface area contributed by atoms with Crippen LogP contribution in [-0.4, -0.2) is 34.4 Å². The molecule has 0 saturated heterocycles. The summed E-state index contributed by atoms with van der Waals surface area (Å²) in [4.78, 5) is 15.9. The molecule has 0 fully saturated rings. The van der Waals surface area contributed by atoms with Crippen molar-refractivity contribution in [1.82, 2.24) is 9.38 Å². The zero-order valence-corrected chi connectivity index (χ0v) is 11.4. The van der Waals surface area contributed by atoms with Gasteiger partial charge in [-0.2, -0.15) is 0 Å². The van der Waals surface area contributed by atoms with Crippen LogP contribution in [0.2, 0.25) is 0 Å². The third-order valence-electron chi connectivity index (χ3n) is 2.52. The number of nitrogens with zero attached hydrogens (tertiary/aromatic N) is 2. The second-order valence-electron chi connectivity index (χ2n) is 3.85. The minimum Gasteiger partial charge on any atom is -0.493 e. The van der Waals surface area contributed by atoms with Crippen molar-refractivity contribution in [3.05, 3.63) is 30.2 Å². The van der Waals surface area contributed by atoms with E-state index in [0.717, 1.165) is 6.42 Å². The molecule has 0 amide bonds. The Morgan fingerprint density at radius 1 is 1.53 bits per heavy atom. The molecule has 2 aromatic heterocycles. The molecule has 102 valence electrons. The number of ether oxygens (including phenoxy) is 2. The number of carbonyl (C=O) groups excluding carboxylic acids is 1. The summed E-state index contributed by atoms with van der Waals surface area (Å²) in [5.41, 5.74) is 1.05. The summed E-state index contributed by atoms with van der Waals surface area (Å²) in [7, 11) is 0. The van der Waals surface area contributed by atoms with Gasteiger partial charge in [0.1, 0.15) is 11.4 Å². The molecular weight excluding hydrogens is 268 g/mol. The van der Waals surface area contributed by atoms with E-state index in [1.54, 1.807) is 29.7 Å². The molecule has 0 spiro atoms. The van der Waals surface area contributed by atoms with Crippen molar-refractivity contribution in [2.75, 3.05) is 19.1 Å². The van der Waals surface area contributed by atoms with Gasteiger partial charge in [0.2, 0.25) is 0 Å². The Balaban J connectivity index is 2.19. The van der Waals surface area contributed by atoms with Crippen molar-refractivity contribution in [2.45, 2.75) is 13.3 Å². The SMILES string of the molecule is CCOC(=O)c1cnc2cc(OCCCCl)ccn12. The lowest BCUT2D eigenvalue weighted by atomic mass is 10.4. The number of hydrogen-bond donors (Lipinski definition) is 0. The third kappa shape index (κ3) is 3.17. The number of halogens is 1. The van der Waals surface area contributed by atoms with Gasteiger partial charge < -0.3 is 9.47 Å². The van der Waals surface area contributed by atoms with E-state index in [-0.39, 0.29) is 5.97 Å². The zero-order chi connectivity index (χ0) is 13.7. The number of rotatable bonds is 6. The number of fused-ring (bicyclic) bond motifs is 1. The van der Waals surface area contributed by atoms with Gasteiger partial charge in [0.05, 0.1) is 19.4 Å². The fourth-order valence-electron chi connectivity index (χ4n) is 1.65. The van der Waals surface area contributed by atoms with E-state index >= 15 is 0 Å². The third-order valence-corrected chi connectivity index (χ3v) is 2.78. The molecule has 0 radical (unpaired) electrons. The Kier molecular flexibility index (Phi) is 4.63. The van der Waals surface area contributed by atoms with E-state index in [1.807, 2.05) is 0 Å². The average molecular weight is 283 g/mol. The smallest absolute Gasteiger partial charge is 0.356 e. The Labute approximate surface area is 116 Å². The van der Waals surface area contributed by atoms with E-state index in [0.29, 0.717) is 36.2 Å². The Hall–Kier alpha value is -1.75. The van der Waals surface area contributed by atoms with E-state index in [4.69, 9.17) is 21.1 Å². The molecule has 6 heteroatoms. The first-order valence-electron chi connectivity index (χ1n) is 6.09. The monoisotopic (exact) mass is 282 g/mol. The summed E-state index contributed by atoms with van der Waals surface area (Å²) in [6, 6.07) is 3.56. The van der Waals surface area contributed by atoms with E-state index in [1.165, 1.54) is 6.20 Å². The summed E-state index contributed by atoms with van der Waals surface area (Å²) in [5.74, 6) is 0.892. The van der Waals surface area contributed by atoms with Gasteiger partial charge in [-0.25, -0.2) is 9.78 Å². The van der Waals surface area contributed by atoms with Crippen molar-refractivity contribution >= 4 is 23.2 Å². The second-order valence-corrected chi connectivity index (χ2v) is 4.22. The van der Waals surface area contributed by atoms with Gasteiger partial charge in [-0.1, -0.05) is 0 Å². The molecule has 2 heterocycles. The average Bonchev–Trinajstić information content (AvgIpc) is 2.82. The van der Waals surface area contributed by atoms with Crippen LogP contribution in [0.15, 0.2) is 24.5 Å². The normalized spacial score (nSPS) is 10.6. The molecule has 0 aliphatic carbocycles. The van der Waals surface area contributed by atoms with E-state index in [9.17, 15) is 4.79 Å². The predicted molar refractivity (Wildman–Crippen MR) is 72.0 cm³/mol. The summed E-state index contributed by atoms with van der Waals surface area (Å²) in [6.45, 7) is 2.67. The number of imidazole rings is 1. The maximum Gasteiger partial charge on any atom is 0.356 e. The van der Waals surface area contributed by atoms with Crippen molar-refractivity contribution in [1.29, 1.82) is 0 Å². The lowest BCUT2D eigenvalue weighted by Gasteiger charge is -2.06. The molecule has 19 heavy (non-hydrogen) atoms. The van der Waals surface area contributed by atoms with Gasteiger partial charge in [0, 0.05) is 18.1 Å². The number of hydrogen-bond acceptors (Lipinski definition) is 4. The topological polar surface area (TPSA) is 52.8 Å². The van der Waals surface area contributed by atoms with Gasteiger partial charge in [0.15, 0.2) is 5.69 Å². The largest absolute Gasteiger partial charge is 0.493 e. The van der Waals surface area contributed by atoms with Crippen molar-refractivity contribution in [3.63, 3.8) is 0 Å². The molecule has 0 atom stereocenters.